The van der Waals surface area contributed by atoms with E-state index in [0.29, 0.717) is 30.9 Å². The molecule has 2 heterocycles. The van der Waals surface area contributed by atoms with Crippen molar-refractivity contribution in [1.82, 2.24) is 24.9 Å². The molecule has 0 saturated carbocycles. The molecule has 0 spiro atoms. The topological polar surface area (TPSA) is 108 Å². The van der Waals surface area contributed by atoms with Crippen molar-refractivity contribution >= 4 is 11.7 Å². The molecular weight excluding hydrogens is 360 g/mol. The zero-order chi connectivity index (χ0) is 20.3. The van der Waals surface area contributed by atoms with Crippen LogP contribution in [0.4, 0.5) is 5.82 Å². The summed E-state index contributed by atoms with van der Waals surface area (Å²) >= 11 is 0. The smallest absolute Gasteiger partial charge is 0.358 e. The first-order chi connectivity index (χ1) is 13.3. The van der Waals surface area contributed by atoms with E-state index in [0.717, 1.165) is 17.0 Å². The van der Waals surface area contributed by atoms with E-state index in [9.17, 15) is 14.9 Å². The molecule has 28 heavy (non-hydrogen) atoms. The molecule has 1 aromatic carbocycles. The van der Waals surface area contributed by atoms with Gasteiger partial charge >= 0.3 is 5.82 Å². The molecule has 146 valence electrons. The maximum atomic E-state index is 12.3. The number of carbonyl (C=O) groups is 1. The Balaban J connectivity index is 1.54. The predicted molar refractivity (Wildman–Crippen MR) is 103 cm³/mol. The maximum Gasteiger partial charge on any atom is 0.390 e. The second kappa shape index (κ2) is 8.03. The zero-order valence-corrected chi connectivity index (χ0v) is 16.0. The van der Waals surface area contributed by atoms with Gasteiger partial charge in [-0.2, -0.15) is 9.78 Å². The molecule has 0 bridgehead atoms. The third-order valence-corrected chi connectivity index (χ3v) is 4.42. The average Bonchev–Trinajstić information content (AvgIpc) is 3.17. The van der Waals surface area contributed by atoms with Crippen LogP contribution in [0.5, 0.6) is 0 Å². The van der Waals surface area contributed by atoms with Crippen LogP contribution in [0.2, 0.25) is 0 Å². The number of rotatable bonds is 7. The van der Waals surface area contributed by atoms with Crippen LogP contribution in [0.25, 0.3) is 0 Å². The molecule has 0 unspecified atom stereocenters. The number of nitro groups is 1. The summed E-state index contributed by atoms with van der Waals surface area (Å²) in [5, 5.41) is 21.9. The van der Waals surface area contributed by atoms with Crippen molar-refractivity contribution in [3.8, 4) is 0 Å². The number of benzene rings is 1. The van der Waals surface area contributed by atoms with E-state index in [1.165, 1.54) is 10.7 Å². The summed E-state index contributed by atoms with van der Waals surface area (Å²) in [6.45, 7) is 7.05. The number of hydrogen-bond acceptors (Lipinski definition) is 5. The second-order valence-corrected chi connectivity index (χ2v) is 6.66. The lowest BCUT2D eigenvalue weighted by Crippen LogP contribution is -2.27. The average molecular weight is 382 g/mol. The largest absolute Gasteiger partial charge is 0.390 e. The van der Waals surface area contributed by atoms with Gasteiger partial charge in [-0.25, -0.2) is 0 Å². The second-order valence-electron chi connectivity index (χ2n) is 6.66. The molecule has 0 fully saturated rings. The van der Waals surface area contributed by atoms with Gasteiger partial charge in [-0.3, -0.25) is 9.48 Å². The molecule has 1 amide bonds. The molecule has 1 N–H and O–H groups in total. The number of hydrogen-bond donors (Lipinski definition) is 1. The number of aromatic nitrogens is 4. The summed E-state index contributed by atoms with van der Waals surface area (Å²) in [5.41, 5.74) is 4.36. The summed E-state index contributed by atoms with van der Waals surface area (Å²) < 4.78 is 3.44. The van der Waals surface area contributed by atoms with E-state index < -0.39 is 4.92 Å². The summed E-state index contributed by atoms with van der Waals surface area (Å²) in [7, 11) is 0. The quantitative estimate of drug-likeness (QED) is 0.499. The van der Waals surface area contributed by atoms with Gasteiger partial charge in [-0.1, -0.05) is 12.1 Å². The van der Waals surface area contributed by atoms with Crippen molar-refractivity contribution in [2.75, 3.05) is 6.54 Å². The Hall–Kier alpha value is -3.49. The lowest BCUT2D eigenvalue weighted by Gasteiger charge is -2.07. The number of carbonyl (C=O) groups excluding carboxylic acids is 1. The Morgan fingerprint density at radius 1 is 1.07 bits per heavy atom. The van der Waals surface area contributed by atoms with Gasteiger partial charge in [-0.15, -0.1) is 0 Å². The normalized spacial score (nSPS) is 10.8. The molecule has 2 aromatic heterocycles. The minimum atomic E-state index is -0.532. The lowest BCUT2D eigenvalue weighted by atomic mass is 10.1. The fraction of sp³-hybridized carbons (Fsp3) is 0.316. The molecule has 0 aliphatic heterocycles. The predicted octanol–water partition coefficient (Wildman–Crippen LogP) is 2.39. The number of aryl methyl sites for hydroxylation is 3. The van der Waals surface area contributed by atoms with Gasteiger partial charge in [0.2, 0.25) is 0 Å². The van der Waals surface area contributed by atoms with Crippen LogP contribution in [0.15, 0.2) is 36.4 Å². The van der Waals surface area contributed by atoms with Crippen molar-refractivity contribution in [2.45, 2.75) is 33.9 Å². The number of nitrogens with zero attached hydrogens (tertiary/aromatic N) is 5. The Morgan fingerprint density at radius 3 is 2.32 bits per heavy atom. The van der Waals surface area contributed by atoms with E-state index in [4.69, 9.17) is 0 Å². The van der Waals surface area contributed by atoms with Crippen LogP contribution in [0.1, 0.15) is 33.0 Å². The fourth-order valence-corrected chi connectivity index (χ4v) is 2.96. The van der Waals surface area contributed by atoms with Crippen molar-refractivity contribution in [1.29, 1.82) is 0 Å². The Bertz CT molecular complexity index is 1000. The Labute approximate surface area is 162 Å². The third-order valence-electron chi connectivity index (χ3n) is 4.42. The Kier molecular flexibility index (Phi) is 5.53. The van der Waals surface area contributed by atoms with Gasteiger partial charge in [-0.05, 0) is 49.5 Å². The minimum Gasteiger partial charge on any atom is -0.358 e. The van der Waals surface area contributed by atoms with Gasteiger partial charge in [0.1, 0.15) is 0 Å². The van der Waals surface area contributed by atoms with Crippen LogP contribution in [0, 0.1) is 30.9 Å². The highest BCUT2D eigenvalue weighted by Gasteiger charge is 2.15. The highest BCUT2D eigenvalue weighted by molar-refractivity contribution is 5.94. The van der Waals surface area contributed by atoms with Crippen LogP contribution in [-0.2, 0) is 13.1 Å². The molecule has 0 atom stereocenters. The molecule has 0 saturated heterocycles. The van der Waals surface area contributed by atoms with Gasteiger partial charge in [0, 0.05) is 17.8 Å². The maximum absolute atomic E-state index is 12.3. The fourth-order valence-electron chi connectivity index (χ4n) is 2.96. The minimum absolute atomic E-state index is 0.193. The molecule has 0 radical (unpaired) electrons. The first kappa shape index (κ1) is 19.3. The molecule has 9 heteroatoms. The molecule has 9 nitrogen and oxygen atoms in total. The summed E-state index contributed by atoms with van der Waals surface area (Å²) in [4.78, 5) is 22.5. The monoisotopic (exact) mass is 382 g/mol. The zero-order valence-electron chi connectivity index (χ0n) is 16.0. The number of nitrogens with one attached hydrogen (secondary N) is 1. The third kappa shape index (κ3) is 4.43. The van der Waals surface area contributed by atoms with E-state index in [2.05, 4.69) is 15.5 Å². The van der Waals surface area contributed by atoms with Crippen LogP contribution in [0.3, 0.4) is 0 Å². The molecule has 3 rings (SSSR count). The summed E-state index contributed by atoms with van der Waals surface area (Å²) in [6.07, 6.45) is 0. The van der Waals surface area contributed by atoms with Crippen molar-refractivity contribution in [3.05, 3.63) is 74.7 Å². The highest BCUT2D eigenvalue weighted by atomic mass is 16.6. The number of amides is 1. The van der Waals surface area contributed by atoms with Crippen molar-refractivity contribution < 1.29 is 9.72 Å². The summed E-state index contributed by atoms with van der Waals surface area (Å²) in [5.74, 6) is -0.390. The lowest BCUT2D eigenvalue weighted by molar-refractivity contribution is -0.389. The van der Waals surface area contributed by atoms with Gasteiger partial charge in [0.25, 0.3) is 5.91 Å². The van der Waals surface area contributed by atoms with Gasteiger partial charge < -0.3 is 15.4 Å². The van der Waals surface area contributed by atoms with E-state index >= 15 is 0 Å². The van der Waals surface area contributed by atoms with Gasteiger partial charge in [0.15, 0.2) is 0 Å². The van der Waals surface area contributed by atoms with E-state index in [1.54, 1.807) is 19.1 Å². The SMILES string of the molecule is Cc1cc(C)n(Cc2ccc(C(=O)NCCn3nc([N+](=O)[O-])cc3C)cc2)n1. The first-order valence-corrected chi connectivity index (χ1v) is 8.90. The van der Waals surface area contributed by atoms with Crippen LogP contribution < -0.4 is 5.32 Å². The molecule has 0 aliphatic rings. The first-order valence-electron chi connectivity index (χ1n) is 8.90. The Morgan fingerprint density at radius 2 is 1.75 bits per heavy atom. The van der Waals surface area contributed by atoms with Crippen LogP contribution >= 0.6 is 0 Å². The van der Waals surface area contributed by atoms with E-state index in [-0.39, 0.29) is 11.7 Å². The summed E-state index contributed by atoms with van der Waals surface area (Å²) in [6, 6.07) is 10.8. The van der Waals surface area contributed by atoms with Crippen molar-refractivity contribution in [3.63, 3.8) is 0 Å². The molecular formula is C19H22N6O3. The standard InChI is InChI=1S/C19H22N6O3/c1-13-10-14(2)24(21-13)12-16-4-6-17(7-5-16)19(26)20-8-9-23-15(3)11-18(22-23)25(27)28/h4-7,10-11H,8-9,12H2,1-3H3,(H,20,26). The van der Waals surface area contributed by atoms with Crippen molar-refractivity contribution in [2.24, 2.45) is 0 Å². The van der Waals surface area contributed by atoms with Gasteiger partial charge in [0.05, 0.1) is 35.6 Å². The molecule has 3 aromatic rings. The molecule has 0 aliphatic carbocycles. The van der Waals surface area contributed by atoms with Crippen LogP contribution in [-0.4, -0.2) is 36.9 Å². The highest BCUT2D eigenvalue weighted by Crippen LogP contribution is 2.11. The van der Waals surface area contributed by atoms with E-state index in [1.807, 2.05) is 36.7 Å².